The number of hydrogen-bond acceptors (Lipinski definition) is 2. The van der Waals surface area contributed by atoms with Crippen molar-refractivity contribution in [3.8, 4) is 0 Å². The Morgan fingerprint density at radius 3 is 2.35 bits per heavy atom. The molecule has 0 spiro atoms. The van der Waals surface area contributed by atoms with Gasteiger partial charge >= 0.3 is 0 Å². The molecule has 3 nitrogen and oxygen atoms in total. The monoisotopic (exact) mass is 316 g/mol. The molecule has 2 aromatic rings. The first-order valence-corrected chi connectivity index (χ1v) is 7.17. The fraction of sp³-hybridized carbons (Fsp3) is 0.222. The standard InChI is InChI=1S/C18H18F2N2O/c1-18(2,3)14-9-7-12(8-10-14)17(23)22-21-11-13-5-4-6-15(19)16(13)20/h4-11H,1-3H3,(H,22,23). The maximum absolute atomic E-state index is 13.4. The number of amides is 1. The molecule has 0 fully saturated rings. The third-order valence-electron chi connectivity index (χ3n) is 3.36. The molecule has 0 radical (unpaired) electrons. The topological polar surface area (TPSA) is 41.5 Å². The van der Waals surface area contributed by atoms with Gasteiger partial charge in [0, 0.05) is 11.1 Å². The zero-order valence-electron chi connectivity index (χ0n) is 13.2. The molecule has 0 unspecified atom stereocenters. The van der Waals surface area contributed by atoms with E-state index in [9.17, 15) is 13.6 Å². The van der Waals surface area contributed by atoms with Gasteiger partial charge < -0.3 is 0 Å². The van der Waals surface area contributed by atoms with Gasteiger partial charge in [-0.05, 0) is 29.2 Å². The van der Waals surface area contributed by atoms with Crippen LogP contribution in [0.5, 0.6) is 0 Å². The van der Waals surface area contributed by atoms with E-state index in [4.69, 9.17) is 0 Å². The summed E-state index contributed by atoms with van der Waals surface area (Å²) in [4.78, 5) is 12.0. The molecule has 120 valence electrons. The Morgan fingerprint density at radius 2 is 1.74 bits per heavy atom. The molecule has 5 heteroatoms. The second kappa shape index (κ2) is 6.69. The SMILES string of the molecule is CC(C)(C)c1ccc(C(=O)NN=Cc2cccc(F)c2F)cc1. The number of hydrogen-bond donors (Lipinski definition) is 1. The van der Waals surface area contributed by atoms with Gasteiger partial charge in [-0.1, -0.05) is 45.0 Å². The lowest BCUT2D eigenvalue weighted by atomic mass is 9.87. The molecule has 1 N–H and O–H groups in total. The van der Waals surface area contributed by atoms with Crippen molar-refractivity contribution in [2.75, 3.05) is 0 Å². The molecule has 0 aliphatic rings. The van der Waals surface area contributed by atoms with Gasteiger partial charge in [-0.3, -0.25) is 4.79 Å². The molecule has 0 heterocycles. The van der Waals surface area contributed by atoms with E-state index in [-0.39, 0.29) is 11.0 Å². The lowest BCUT2D eigenvalue weighted by Gasteiger charge is -2.18. The van der Waals surface area contributed by atoms with E-state index in [1.54, 1.807) is 12.1 Å². The van der Waals surface area contributed by atoms with Crippen LogP contribution in [0.4, 0.5) is 8.78 Å². The average molecular weight is 316 g/mol. The van der Waals surface area contributed by atoms with E-state index in [1.807, 2.05) is 12.1 Å². The highest BCUT2D eigenvalue weighted by Crippen LogP contribution is 2.22. The minimum atomic E-state index is -1.000. The Kier molecular flexibility index (Phi) is 4.89. The van der Waals surface area contributed by atoms with Crippen molar-refractivity contribution in [2.45, 2.75) is 26.2 Å². The molecular formula is C18H18F2N2O. The van der Waals surface area contributed by atoms with Crippen molar-refractivity contribution in [1.82, 2.24) is 5.43 Å². The number of carbonyl (C=O) groups is 1. The van der Waals surface area contributed by atoms with Gasteiger partial charge in [0.2, 0.25) is 0 Å². The maximum atomic E-state index is 13.4. The van der Waals surface area contributed by atoms with Crippen LogP contribution in [0.1, 0.15) is 42.3 Å². The number of nitrogens with one attached hydrogen (secondary N) is 1. The van der Waals surface area contributed by atoms with Gasteiger partial charge in [-0.25, -0.2) is 14.2 Å². The smallest absolute Gasteiger partial charge is 0.267 e. The number of carbonyl (C=O) groups excluding carboxylic acids is 1. The average Bonchev–Trinajstić information content (AvgIpc) is 2.50. The summed E-state index contributed by atoms with van der Waals surface area (Å²) < 4.78 is 26.5. The van der Waals surface area contributed by atoms with Crippen LogP contribution in [0, 0.1) is 11.6 Å². The van der Waals surface area contributed by atoms with Crippen molar-refractivity contribution >= 4 is 12.1 Å². The number of halogens is 2. The molecule has 0 saturated carbocycles. The molecule has 0 aliphatic carbocycles. The fourth-order valence-corrected chi connectivity index (χ4v) is 1.97. The molecular weight excluding hydrogens is 298 g/mol. The van der Waals surface area contributed by atoms with Crippen molar-refractivity contribution in [3.05, 3.63) is 70.8 Å². The number of hydrazone groups is 1. The van der Waals surface area contributed by atoms with Crippen LogP contribution in [-0.2, 0) is 5.41 Å². The summed E-state index contributed by atoms with van der Waals surface area (Å²) in [7, 11) is 0. The van der Waals surface area contributed by atoms with E-state index in [0.717, 1.165) is 17.8 Å². The highest BCUT2D eigenvalue weighted by Gasteiger charge is 2.14. The normalized spacial score (nSPS) is 11.7. The number of nitrogens with zero attached hydrogens (tertiary/aromatic N) is 1. The number of rotatable bonds is 3. The van der Waals surface area contributed by atoms with Crippen LogP contribution in [0.15, 0.2) is 47.6 Å². The van der Waals surface area contributed by atoms with Crippen LogP contribution < -0.4 is 5.43 Å². The molecule has 0 bridgehead atoms. The van der Waals surface area contributed by atoms with Crippen molar-refractivity contribution in [1.29, 1.82) is 0 Å². The highest BCUT2D eigenvalue weighted by atomic mass is 19.2. The second-order valence-electron chi connectivity index (χ2n) is 6.17. The second-order valence-corrected chi connectivity index (χ2v) is 6.17. The molecule has 2 aromatic carbocycles. The van der Waals surface area contributed by atoms with Crippen LogP contribution in [0.2, 0.25) is 0 Å². The van der Waals surface area contributed by atoms with Crippen molar-refractivity contribution in [2.24, 2.45) is 5.10 Å². The molecule has 0 aromatic heterocycles. The van der Waals surface area contributed by atoms with E-state index in [0.29, 0.717) is 5.56 Å². The summed E-state index contributed by atoms with van der Waals surface area (Å²) in [6, 6.07) is 10.9. The molecule has 1 amide bonds. The van der Waals surface area contributed by atoms with Gasteiger partial charge in [0.1, 0.15) is 0 Å². The lowest BCUT2D eigenvalue weighted by molar-refractivity contribution is 0.0955. The third-order valence-corrected chi connectivity index (χ3v) is 3.36. The zero-order valence-corrected chi connectivity index (χ0v) is 13.2. The van der Waals surface area contributed by atoms with E-state index in [2.05, 4.69) is 31.3 Å². The minimum Gasteiger partial charge on any atom is -0.267 e. The Bertz CT molecular complexity index is 732. The van der Waals surface area contributed by atoms with Gasteiger partial charge in [-0.2, -0.15) is 5.10 Å². The van der Waals surface area contributed by atoms with Crippen molar-refractivity contribution < 1.29 is 13.6 Å². The molecule has 0 saturated heterocycles. The number of benzene rings is 2. The van der Waals surface area contributed by atoms with Gasteiger partial charge in [0.15, 0.2) is 11.6 Å². The summed E-state index contributed by atoms with van der Waals surface area (Å²) in [5, 5.41) is 3.66. The van der Waals surface area contributed by atoms with E-state index >= 15 is 0 Å². The first-order valence-electron chi connectivity index (χ1n) is 7.17. The highest BCUT2D eigenvalue weighted by molar-refractivity contribution is 5.94. The molecule has 0 atom stereocenters. The minimum absolute atomic E-state index is 0.00205. The lowest BCUT2D eigenvalue weighted by Crippen LogP contribution is -2.18. The third kappa shape index (κ3) is 4.22. The van der Waals surface area contributed by atoms with Crippen LogP contribution in [0.3, 0.4) is 0 Å². The molecule has 23 heavy (non-hydrogen) atoms. The summed E-state index contributed by atoms with van der Waals surface area (Å²) >= 11 is 0. The summed E-state index contributed by atoms with van der Waals surface area (Å²) in [6.07, 6.45) is 1.07. The summed E-state index contributed by atoms with van der Waals surface area (Å²) in [5.41, 5.74) is 3.81. The quantitative estimate of drug-likeness (QED) is 0.674. The van der Waals surface area contributed by atoms with Crippen LogP contribution in [0.25, 0.3) is 0 Å². The molecule has 2 rings (SSSR count). The van der Waals surface area contributed by atoms with Crippen molar-refractivity contribution in [3.63, 3.8) is 0 Å². The summed E-state index contributed by atoms with van der Waals surface area (Å²) in [6.45, 7) is 6.25. The van der Waals surface area contributed by atoms with E-state index < -0.39 is 17.5 Å². The fourth-order valence-electron chi connectivity index (χ4n) is 1.97. The first-order chi connectivity index (χ1) is 10.8. The Balaban J connectivity index is 2.05. The van der Waals surface area contributed by atoms with E-state index in [1.165, 1.54) is 12.1 Å². The predicted octanol–water partition coefficient (Wildman–Crippen LogP) is 4.03. The maximum Gasteiger partial charge on any atom is 0.271 e. The van der Waals surface area contributed by atoms with Crippen LogP contribution in [-0.4, -0.2) is 12.1 Å². The Labute approximate surface area is 134 Å². The Morgan fingerprint density at radius 1 is 1.09 bits per heavy atom. The Hall–Kier alpha value is -2.56. The largest absolute Gasteiger partial charge is 0.271 e. The first kappa shape index (κ1) is 16.8. The predicted molar refractivity (Wildman–Crippen MR) is 86.6 cm³/mol. The summed E-state index contributed by atoms with van der Waals surface area (Å²) in [5.74, 6) is -2.38. The zero-order chi connectivity index (χ0) is 17.0. The molecule has 0 aliphatic heterocycles. The van der Waals surface area contributed by atoms with Gasteiger partial charge in [-0.15, -0.1) is 0 Å². The van der Waals surface area contributed by atoms with Gasteiger partial charge in [0.05, 0.1) is 6.21 Å². The van der Waals surface area contributed by atoms with Gasteiger partial charge in [0.25, 0.3) is 5.91 Å². The van der Waals surface area contributed by atoms with Crippen LogP contribution >= 0.6 is 0 Å².